The summed E-state index contributed by atoms with van der Waals surface area (Å²) < 4.78 is 17.1. The molecule has 0 radical (unpaired) electrons. The van der Waals surface area contributed by atoms with Crippen molar-refractivity contribution in [1.82, 2.24) is 0 Å². The van der Waals surface area contributed by atoms with Gasteiger partial charge in [0.15, 0.2) is 0 Å². The second-order valence-corrected chi connectivity index (χ2v) is 5.09. The van der Waals surface area contributed by atoms with E-state index in [1.165, 1.54) is 11.3 Å². The van der Waals surface area contributed by atoms with Crippen molar-refractivity contribution in [3.63, 3.8) is 0 Å². The van der Waals surface area contributed by atoms with Gasteiger partial charge >= 0.3 is 0 Å². The lowest BCUT2D eigenvalue weighted by atomic mass is 9.97. The molecule has 0 aromatic heterocycles. The molecular weight excluding hydrogens is 216 g/mol. The normalized spacial score (nSPS) is 32.5. The molecule has 0 N–H and O–H groups in total. The quantitative estimate of drug-likeness (QED) is 0.753. The second kappa shape index (κ2) is 5.23. The van der Waals surface area contributed by atoms with E-state index in [1.807, 2.05) is 0 Å². The molecule has 1 fully saturated rings. The lowest BCUT2D eigenvalue weighted by Gasteiger charge is -2.29. The Morgan fingerprint density at radius 1 is 1.35 bits per heavy atom. The minimum atomic E-state index is 0.233. The average Bonchev–Trinajstić information content (AvgIpc) is 2.89. The minimum Gasteiger partial charge on any atom is -0.495 e. The van der Waals surface area contributed by atoms with Gasteiger partial charge in [-0.3, -0.25) is 0 Å². The van der Waals surface area contributed by atoms with E-state index in [0.29, 0.717) is 5.92 Å². The SMILES string of the molecule is C1=CC2=C(CC1)OCC(OCC1CCOC1)C2. The molecule has 0 aromatic carbocycles. The van der Waals surface area contributed by atoms with Gasteiger partial charge in [0.05, 0.1) is 25.1 Å². The third-order valence-electron chi connectivity index (χ3n) is 3.70. The van der Waals surface area contributed by atoms with E-state index in [-0.39, 0.29) is 6.10 Å². The Bertz CT molecular complexity index is 326. The van der Waals surface area contributed by atoms with Crippen LogP contribution < -0.4 is 0 Å². The average molecular weight is 236 g/mol. The summed E-state index contributed by atoms with van der Waals surface area (Å²) in [6, 6.07) is 0. The Kier molecular flexibility index (Phi) is 3.48. The van der Waals surface area contributed by atoms with Gasteiger partial charge in [0, 0.05) is 25.4 Å². The molecule has 2 heterocycles. The number of rotatable bonds is 3. The molecule has 1 aliphatic carbocycles. The Hall–Kier alpha value is -0.800. The first-order chi connectivity index (χ1) is 8.42. The van der Waals surface area contributed by atoms with Gasteiger partial charge in [-0.15, -0.1) is 0 Å². The standard InChI is InChI=1S/C14H20O3/c1-2-4-14-12(3-1)7-13(10-17-14)16-9-11-5-6-15-8-11/h1,3,11,13H,2,4-10H2. The van der Waals surface area contributed by atoms with Gasteiger partial charge in [-0.1, -0.05) is 12.2 Å². The van der Waals surface area contributed by atoms with Gasteiger partial charge in [-0.25, -0.2) is 0 Å². The topological polar surface area (TPSA) is 27.7 Å². The van der Waals surface area contributed by atoms with E-state index in [2.05, 4.69) is 12.2 Å². The summed E-state index contributed by atoms with van der Waals surface area (Å²) in [5, 5.41) is 0. The van der Waals surface area contributed by atoms with Crippen LogP contribution in [0.2, 0.25) is 0 Å². The molecule has 0 aromatic rings. The van der Waals surface area contributed by atoms with Gasteiger partial charge in [0.1, 0.15) is 6.61 Å². The maximum Gasteiger partial charge on any atom is 0.114 e. The lowest BCUT2D eigenvalue weighted by Crippen LogP contribution is -2.28. The van der Waals surface area contributed by atoms with Gasteiger partial charge in [0.25, 0.3) is 0 Å². The first-order valence-corrected chi connectivity index (χ1v) is 6.62. The highest BCUT2D eigenvalue weighted by Gasteiger charge is 2.24. The minimum absolute atomic E-state index is 0.233. The van der Waals surface area contributed by atoms with E-state index >= 15 is 0 Å². The molecule has 0 bridgehead atoms. The Morgan fingerprint density at radius 2 is 2.35 bits per heavy atom. The molecule has 2 unspecified atom stereocenters. The Balaban J connectivity index is 1.49. The summed E-state index contributed by atoms with van der Waals surface area (Å²) in [4.78, 5) is 0. The highest BCUT2D eigenvalue weighted by atomic mass is 16.5. The van der Waals surface area contributed by atoms with Crippen LogP contribution in [0.4, 0.5) is 0 Å². The molecule has 2 atom stereocenters. The van der Waals surface area contributed by atoms with Crippen LogP contribution in [0.25, 0.3) is 0 Å². The molecule has 94 valence electrons. The van der Waals surface area contributed by atoms with Crippen LogP contribution >= 0.6 is 0 Å². The van der Waals surface area contributed by atoms with E-state index in [4.69, 9.17) is 14.2 Å². The molecular formula is C14H20O3. The van der Waals surface area contributed by atoms with Crippen molar-refractivity contribution in [1.29, 1.82) is 0 Å². The Labute approximate surface area is 102 Å². The third kappa shape index (κ3) is 2.72. The molecule has 17 heavy (non-hydrogen) atoms. The zero-order valence-electron chi connectivity index (χ0n) is 10.2. The summed E-state index contributed by atoms with van der Waals surface area (Å²) in [6.45, 7) is 3.30. The molecule has 1 saturated heterocycles. The Morgan fingerprint density at radius 3 is 3.24 bits per heavy atom. The molecule has 0 amide bonds. The van der Waals surface area contributed by atoms with Crippen LogP contribution in [0.3, 0.4) is 0 Å². The van der Waals surface area contributed by atoms with E-state index in [0.717, 1.165) is 52.1 Å². The molecule has 3 nitrogen and oxygen atoms in total. The van der Waals surface area contributed by atoms with Crippen LogP contribution in [0.1, 0.15) is 25.7 Å². The van der Waals surface area contributed by atoms with Crippen LogP contribution in [0.5, 0.6) is 0 Å². The van der Waals surface area contributed by atoms with Gasteiger partial charge < -0.3 is 14.2 Å². The highest BCUT2D eigenvalue weighted by molar-refractivity contribution is 5.28. The maximum atomic E-state index is 5.94. The van der Waals surface area contributed by atoms with Gasteiger partial charge in [-0.05, 0) is 18.4 Å². The fraction of sp³-hybridized carbons (Fsp3) is 0.714. The smallest absolute Gasteiger partial charge is 0.114 e. The zero-order valence-corrected chi connectivity index (χ0v) is 10.2. The molecule has 0 spiro atoms. The van der Waals surface area contributed by atoms with Crippen molar-refractivity contribution in [2.24, 2.45) is 5.92 Å². The van der Waals surface area contributed by atoms with Crippen molar-refractivity contribution in [2.45, 2.75) is 31.8 Å². The second-order valence-electron chi connectivity index (χ2n) is 5.09. The van der Waals surface area contributed by atoms with Crippen LogP contribution in [0, 0.1) is 5.92 Å². The maximum absolute atomic E-state index is 5.94. The summed E-state index contributed by atoms with van der Waals surface area (Å²) in [5.74, 6) is 1.78. The zero-order chi connectivity index (χ0) is 11.5. The predicted octanol–water partition coefficient (Wildman–Crippen LogP) is 2.43. The highest BCUT2D eigenvalue weighted by Crippen LogP contribution is 2.29. The molecule has 2 aliphatic heterocycles. The van der Waals surface area contributed by atoms with Crippen LogP contribution in [-0.4, -0.2) is 32.5 Å². The summed E-state index contributed by atoms with van der Waals surface area (Å²) in [7, 11) is 0. The lowest BCUT2D eigenvalue weighted by molar-refractivity contribution is -0.0259. The van der Waals surface area contributed by atoms with Crippen LogP contribution in [-0.2, 0) is 14.2 Å². The largest absolute Gasteiger partial charge is 0.495 e. The first kappa shape index (κ1) is 11.3. The van der Waals surface area contributed by atoms with E-state index in [9.17, 15) is 0 Å². The van der Waals surface area contributed by atoms with Crippen molar-refractivity contribution >= 4 is 0 Å². The van der Waals surface area contributed by atoms with E-state index in [1.54, 1.807) is 0 Å². The summed E-state index contributed by atoms with van der Waals surface area (Å²) in [5.41, 5.74) is 1.34. The molecule has 3 aliphatic rings. The van der Waals surface area contributed by atoms with Crippen molar-refractivity contribution in [2.75, 3.05) is 26.4 Å². The first-order valence-electron chi connectivity index (χ1n) is 6.62. The number of allylic oxidation sites excluding steroid dienone is 3. The number of hydrogen-bond acceptors (Lipinski definition) is 3. The molecule has 3 heteroatoms. The van der Waals surface area contributed by atoms with Gasteiger partial charge in [-0.2, -0.15) is 0 Å². The van der Waals surface area contributed by atoms with Crippen molar-refractivity contribution in [3.05, 3.63) is 23.5 Å². The molecule has 0 saturated carbocycles. The monoisotopic (exact) mass is 236 g/mol. The number of ether oxygens (including phenoxy) is 3. The summed E-state index contributed by atoms with van der Waals surface area (Å²) in [6.07, 6.45) is 9.00. The van der Waals surface area contributed by atoms with Gasteiger partial charge in [0.2, 0.25) is 0 Å². The predicted molar refractivity (Wildman–Crippen MR) is 64.6 cm³/mol. The van der Waals surface area contributed by atoms with Crippen molar-refractivity contribution in [3.8, 4) is 0 Å². The number of hydrogen-bond donors (Lipinski definition) is 0. The van der Waals surface area contributed by atoms with Crippen LogP contribution in [0.15, 0.2) is 23.5 Å². The fourth-order valence-corrected chi connectivity index (χ4v) is 2.63. The summed E-state index contributed by atoms with van der Waals surface area (Å²) >= 11 is 0. The van der Waals surface area contributed by atoms with E-state index < -0.39 is 0 Å². The third-order valence-corrected chi connectivity index (χ3v) is 3.70. The fourth-order valence-electron chi connectivity index (χ4n) is 2.63. The van der Waals surface area contributed by atoms with Crippen molar-refractivity contribution < 1.29 is 14.2 Å². The molecule has 3 rings (SSSR count).